The first-order valence-electron chi connectivity index (χ1n) is 9.21. The molecular weight excluding hydrogens is 400 g/mol. The Bertz CT molecular complexity index is 1020. The van der Waals surface area contributed by atoms with Gasteiger partial charge in [0.2, 0.25) is 15.9 Å². The second-order valence-electron chi connectivity index (χ2n) is 6.94. The molecule has 2 aliphatic rings. The van der Waals surface area contributed by atoms with Crippen molar-refractivity contribution >= 4 is 33.2 Å². The van der Waals surface area contributed by atoms with E-state index >= 15 is 0 Å². The number of hydrogen-bond donors (Lipinski definition) is 0. The fraction of sp³-hybridized carbons (Fsp3) is 0.350. The summed E-state index contributed by atoms with van der Waals surface area (Å²) in [5, 5.41) is 0.566. The third kappa shape index (κ3) is 3.27. The Morgan fingerprint density at radius 2 is 1.96 bits per heavy atom. The number of rotatable bonds is 3. The first-order chi connectivity index (χ1) is 13.4. The Balaban J connectivity index is 1.73. The number of carbonyl (C=O) groups is 1. The maximum Gasteiger partial charge on any atom is 0.243 e. The summed E-state index contributed by atoms with van der Waals surface area (Å²) in [5.74, 6) is 0.374. The Morgan fingerprint density at radius 3 is 2.71 bits per heavy atom. The van der Waals surface area contributed by atoms with Crippen molar-refractivity contribution in [3.63, 3.8) is 0 Å². The monoisotopic (exact) mass is 420 g/mol. The fourth-order valence-corrected chi connectivity index (χ4v) is 5.86. The average molecular weight is 421 g/mol. The molecule has 2 heterocycles. The zero-order chi connectivity index (χ0) is 19.9. The molecule has 0 bridgehead atoms. The summed E-state index contributed by atoms with van der Waals surface area (Å²) in [5.41, 5.74) is 1.31. The SMILES string of the molecule is CC(=O)N1CCOc2ccc(S(=O)(=O)N3CCC[C@@H]3c3ccccc3Cl)cc21. The summed E-state index contributed by atoms with van der Waals surface area (Å²) < 4.78 is 34.0. The molecule has 1 amide bonds. The molecule has 0 radical (unpaired) electrons. The second-order valence-corrected chi connectivity index (χ2v) is 9.24. The van der Waals surface area contributed by atoms with E-state index in [9.17, 15) is 13.2 Å². The van der Waals surface area contributed by atoms with Gasteiger partial charge in [0.15, 0.2) is 0 Å². The van der Waals surface area contributed by atoms with Crippen LogP contribution in [0, 0.1) is 0 Å². The van der Waals surface area contributed by atoms with Crippen LogP contribution in [0.4, 0.5) is 5.69 Å². The summed E-state index contributed by atoms with van der Waals surface area (Å²) in [6.07, 6.45) is 1.49. The number of halogens is 1. The molecule has 1 saturated heterocycles. The van der Waals surface area contributed by atoms with E-state index in [0.717, 1.165) is 18.4 Å². The molecule has 0 spiro atoms. The van der Waals surface area contributed by atoms with E-state index in [0.29, 0.717) is 36.2 Å². The third-order valence-corrected chi connectivity index (χ3v) is 7.50. The molecule has 1 atom stereocenters. The number of nitrogens with zero attached hydrogens (tertiary/aromatic N) is 2. The van der Waals surface area contributed by atoms with Gasteiger partial charge in [-0.2, -0.15) is 4.31 Å². The molecule has 6 nitrogen and oxygen atoms in total. The van der Waals surface area contributed by atoms with Crippen molar-refractivity contribution in [1.29, 1.82) is 0 Å². The summed E-state index contributed by atoms with van der Waals surface area (Å²) >= 11 is 6.33. The number of carbonyl (C=O) groups excluding carboxylic acids is 1. The van der Waals surface area contributed by atoms with Gasteiger partial charge in [0.1, 0.15) is 12.4 Å². The lowest BCUT2D eigenvalue weighted by atomic mass is 10.1. The molecule has 0 unspecified atom stereocenters. The van der Waals surface area contributed by atoms with Gasteiger partial charge in [0.05, 0.1) is 23.2 Å². The summed E-state index contributed by atoms with van der Waals surface area (Å²) in [7, 11) is -3.75. The minimum atomic E-state index is -3.75. The first kappa shape index (κ1) is 19.2. The van der Waals surface area contributed by atoms with Gasteiger partial charge in [-0.05, 0) is 42.7 Å². The first-order valence-corrected chi connectivity index (χ1v) is 11.0. The van der Waals surface area contributed by atoms with Gasteiger partial charge < -0.3 is 9.64 Å². The summed E-state index contributed by atoms with van der Waals surface area (Å²) in [4.78, 5) is 13.7. The van der Waals surface area contributed by atoms with Crippen LogP contribution in [0.25, 0.3) is 0 Å². The van der Waals surface area contributed by atoms with Crippen LogP contribution in [0.3, 0.4) is 0 Å². The molecule has 28 heavy (non-hydrogen) atoms. The van der Waals surface area contributed by atoms with Crippen LogP contribution in [-0.2, 0) is 14.8 Å². The molecule has 4 rings (SSSR count). The molecule has 2 aliphatic heterocycles. The topological polar surface area (TPSA) is 66.9 Å². The van der Waals surface area contributed by atoms with Gasteiger partial charge in [-0.25, -0.2) is 8.42 Å². The zero-order valence-corrected chi connectivity index (χ0v) is 17.0. The summed E-state index contributed by atoms with van der Waals surface area (Å²) in [6, 6.07) is 11.8. The van der Waals surface area contributed by atoms with Crippen molar-refractivity contribution in [3.8, 4) is 5.75 Å². The Labute approximate surface area is 169 Å². The van der Waals surface area contributed by atoms with Crippen LogP contribution in [0.15, 0.2) is 47.4 Å². The van der Waals surface area contributed by atoms with Crippen LogP contribution in [-0.4, -0.2) is 38.3 Å². The molecule has 0 N–H and O–H groups in total. The van der Waals surface area contributed by atoms with Crippen molar-refractivity contribution < 1.29 is 17.9 Å². The van der Waals surface area contributed by atoms with E-state index in [1.54, 1.807) is 23.1 Å². The van der Waals surface area contributed by atoms with E-state index in [-0.39, 0.29) is 16.8 Å². The van der Waals surface area contributed by atoms with E-state index in [2.05, 4.69) is 0 Å². The highest BCUT2D eigenvalue weighted by atomic mass is 35.5. The second kappa shape index (κ2) is 7.39. The Hall–Kier alpha value is -2.09. The number of ether oxygens (including phenoxy) is 1. The minimum absolute atomic E-state index is 0.144. The Kier molecular flexibility index (Phi) is 5.07. The van der Waals surface area contributed by atoms with Crippen LogP contribution < -0.4 is 9.64 Å². The number of sulfonamides is 1. The lowest BCUT2D eigenvalue weighted by Crippen LogP contribution is -2.37. The minimum Gasteiger partial charge on any atom is -0.490 e. The standard InChI is InChI=1S/C20H21ClN2O4S/c1-14(24)22-11-12-27-20-9-8-15(13-19(20)22)28(25,26)23-10-4-7-18(23)16-5-2-3-6-17(16)21/h2-3,5-6,8-9,13,18H,4,7,10-12H2,1H3/t18-/m1/s1. The van der Waals surface area contributed by atoms with Gasteiger partial charge in [-0.15, -0.1) is 0 Å². The van der Waals surface area contributed by atoms with Crippen LogP contribution in [0.5, 0.6) is 5.75 Å². The molecule has 0 aliphatic carbocycles. The zero-order valence-electron chi connectivity index (χ0n) is 15.5. The molecule has 2 aromatic carbocycles. The highest BCUT2D eigenvalue weighted by Gasteiger charge is 2.37. The predicted octanol–water partition coefficient (Wildman–Crippen LogP) is 3.61. The van der Waals surface area contributed by atoms with Crippen molar-refractivity contribution in [1.82, 2.24) is 4.31 Å². The van der Waals surface area contributed by atoms with E-state index in [4.69, 9.17) is 16.3 Å². The van der Waals surface area contributed by atoms with Gasteiger partial charge in [0, 0.05) is 18.5 Å². The molecule has 0 saturated carbocycles. The maximum atomic E-state index is 13.4. The smallest absolute Gasteiger partial charge is 0.243 e. The molecule has 1 fully saturated rings. The highest BCUT2D eigenvalue weighted by molar-refractivity contribution is 7.89. The average Bonchev–Trinajstić information content (AvgIpc) is 3.17. The largest absolute Gasteiger partial charge is 0.490 e. The van der Waals surface area contributed by atoms with Crippen molar-refractivity contribution in [3.05, 3.63) is 53.1 Å². The highest BCUT2D eigenvalue weighted by Crippen LogP contribution is 2.41. The number of benzene rings is 2. The fourth-order valence-electron chi connectivity index (χ4n) is 3.90. The number of hydrogen-bond acceptors (Lipinski definition) is 4. The molecule has 0 aromatic heterocycles. The van der Waals surface area contributed by atoms with E-state index in [1.165, 1.54) is 17.3 Å². The summed E-state index contributed by atoms with van der Waals surface area (Å²) in [6.45, 7) is 2.68. The number of amides is 1. The molecule has 8 heteroatoms. The Morgan fingerprint density at radius 1 is 1.18 bits per heavy atom. The normalized spacial score (nSPS) is 19.9. The third-order valence-electron chi connectivity index (χ3n) is 5.25. The molecule has 2 aromatic rings. The quantitative estimate of drug-likeness (QED) is 0.760. The van der Waals surface area contributed by atoms with Crippen LogP contribution in [0.1, 0.15) is 31.4 Å². The van der Waals surface area contributed by atoms with Gasteiger partial charge in [0.25, 0.3) is 0 Å². The van der Waals surface area contributed by atoms with E-state index in [1.807, 2.05) is 18.2 Å². The van der Waals surface area contributed by atoms with Gasteiger partial charge >= 0.3 is 0 Å². The van der Waals surface area contributed by atoms with E-state index < -0.39 is 10.0 Å². The van der Waals surface area contributed by atoms with Crippen molar-refractivity contribution in [2.24, 2.45) is 0 Å². The maximum absolute atomic E-state index is 13.4. The van der Waals surface area contributed by atoms with Crippen molar-refractivity contribution in [2.75, 3.05) is 24.6 Å². The van der Waals surface area contributed by atoms with Gasteiger partial charge in [-0.3, -0.25) is 4.79 Å². The molecular formula is C20H21ClN2O4S. The van der Waals surface area contributed by atoms with Gasteiger partial charge in [-0.1, -0.05) is 29.8 Å². The van der Waals surface area contributed by atoms with Crippen LogP contribution in [0.2, 0.25) is 5.02 Å². The van der Waals surface area contributed by atoms with Crippen molar-refractivity contribution in [2.45, 2.75) is 30.7 Å². The molecule has 148 valence electrons. The lowest BCUT2D eigenvalue weighted by molar-refractivity contribution is -0.116. The number of anilines is 1. The number of fused-ring (bicyclic) bond motifs is 1. The predicted molar refractivity (Wildman–Crippen MR) is 107 cm³/mol. The van der Waals surface area contributed by atoms with Crippen LogP contribution >= 0.6 is 11.6 Å². The lowest BCUT2D eigenvalue weighted by Gasteiger charge is -2.30.